The fraction of sp³-hybridized carbons (Fsp3) is 0.889. The highest BCUT2D eigenvalue weighted by Gasteiger charge is 2.67. The van der Waals surface area contributed by atoms with Crippen LogP contribution in [0.5, 0.6) is 0 Å². The van der Waals surface area contributed by atoms with Gasteiger partial charge < -0.3 is 4.74 Å². The van der Waals surface area contributed by atoms with Gasteiger partial charge in [0, 0.05) is 5.92 Å². The molecule has 0 aromatic rings. The van der Waals surface area contributed by atoms with Crippen molar-refractivity contribution in [1.82, 2.24) is 0 Å². The molecule has 2 nitrogen and oxygen atoms in total. The van der Waals surface area contributed by atoms with Gasteiger partial charge in [-0.1, -0.05) is 0 Å². The first-order valence-electron chi connectivity index (χ1n) is 4.44. The Bertz CT molecular complexity index is 236. The number of esters is 1. The number of hydrogen-bond donors (Lipinski definition) is 0. The maximum absolute atomic E-state index is 11.4. The molecule has 1 aliphatic heterocycles. The summed E-state index contributed by atoms with van der Waals surface area (Å²) in [7, 11) is 0. The second-order valence-electron chi connectivity index (χ2n) is 4.34. The summed E-state index contributed by atoms with van der Waals surface area (Å²) < 4.78 is 5.26. The minimum absolute atomic E-state index is 0.0648. The van der Waals surface area contributed by atoms with Gasteiger partial charge >= 0.3 is 5.97 Å². The normalized spacial score (nSPS) is 58.6. The van der Waals surface area contributed by atoms with Crippen LogP contribution in [0.4, 0.5) is 0 Å². The Morgan fingerprint density at radius 1 is 1.55 bits per heavy atom. The van der Waals surface area contributed by atoms with Gasteiger partial charge in [-0.25, -0.2) is 0 Å². The van der Waals surface area contributed by atoms with Crippen LogP contribution >= 0.6 is 0 Å². The molecular formula is C9H12O2. The first-order chi connectivity index (χ1) is 5.23. The molecule has 4 atom stereocenters. The second-order valence-corrected chi connectivity index (χ2v) is 4.34. The molecule has 0 spiro atoms. The second kappa shape index (κ2) is 1.47. The summed E-state index contributed by atoms with van der Waals surface area (Å²) in [5.41, 5.74) is -0.0648. The molecule has 1 heterocycles. The molecule has 3 fully saturated rings. The standard InChI is InChI=1S/C9H12O2/c1-9-5-2-3-6(9)7(4-5)11-8(9)10/h5-7H,2-4H2,1H3/t5-,6-,7-,9-/m1/s1. The lowest BCUT2D eigenvalue weighted by Crippen LogP contribution is -2.31. The summed E-state index contributed by atoms with van der Waals surface area (Å²) >= 11 is 0. The third-order valence-corrected chi connectivity index (χ3v) is 4.11. The maximum atomic E-state index is 11.4. The lowest BCUT2D eigenvalue weighted by atomic mass is 9.81. The monoisotopic (exact) mass is 152 g/mol. The summed E-state index contributed by atoms with van der Waals surface area (Å²) in [6, 6.07) is 0. The van der Waals surface area contributed by atoms with Crippen LogP contribution in [0.15, 0.2) is 0 Å². The van der Waals surface area contributed by atoms with E-state index in [-0.39, 0.29) is 11.4 Å². The van der Waals surface area contributed by atoms with Crippen LogP contribution in [0.1, 0.15) is 26.2 Å². The van der Waals surface area contributed by atoms with Gasteiger partial charge in [-0.15, -0.1) is 0 Å². The molecule has 11 heavy (non-hydrogen) atoms. The maximum Gasteiger partial charge on any atom is 0.312 e. The van der Waals surface area contributed by atoms with Crippen LogP contribution < -0.4 is 0 Å². The van der Waals surface area contributed by atoms with Crippen LogP contribution in [0.25, 0.3) is 0 Å². The zero-order chi connectivity index (χ0) is 7.64. The highest BCUT2D eigenvalue weighted by atomic mass is 16.6. The van der Waals surface area contributed by atoms with Crippen LogP contribution in [0, 0.1) is 17.3 Å². The van der Waals surface area contributed by atoms with Gasteiger partial charge in [-0.2, -0.15) is 0 Å². The summed E-state index contributed by atoms with van der Waals surface area (Å²) in [4.78, 5) is 11.4. The fourth-order valence-electron chi connectivity index (χ4n) is 3.38. The largest absolute Gasteiger partial charge is 0.462 e. The Morgan fingerprint density at radius 3 is 2.91 bits per heavy atom. The van der Waals surface area contributed by atoms with Crippen LogP contribution in [0.2, 0.25) is 0 Å². The Labute approximate surface area is 65.9 Å². The van der Waals surface area contributed by atoms with Crippen molar-refractivity contribution in [2.75, 3.05) is 0 Å². The molecule has 2 saturated carbocycles. The van der Waals surface area contributed by atoms with Gasteiger partial charge in [-0.3, -0.25) is 4.79 Å². The van der Waals surface area contributed by atoms with E-state index in [2.05, 4.69) is 6.92 Å². The van der Waals surface area contributed by atoms with Crippen molar-refractivity contribution in [1.29, 1.82) is 0 Å². The minimum atomic E-state index is -0.0648. The number of ether oxygens (including phenoxy) is 1. The van der Waals surface area contributed by atoms with Crippen molar-refractivity contribution in [2.24, 2.45) is 17.3 Å². The van der Waals surface area contributed by atoms with Crippen LogP contribution in [-0.2, 0) is 9.53 Å². The summed E-state index contributed by atoms with van der Waals surface area (Å²) in [5, 5.41) is 0. The molecule has 4 bridgehead atoms. The highest BCUT2D eigenvalue weighted by Crippen LogP contribution is 2.63. The molecule has 0 radical (unpaired) electrons. The highest BCUT2D eigenvalue weighted by molar-refractivity contribution is 5.81. The van der Waals surface area contributed by atoms with E-state index in [4.69, 9.17) is 4.74 Å². The predicted molar refractivity (Wildman–Crippen MR) is 38.8 cm³/mol. The van der Waals surface area contributed by atoms with Gasteiger partial charge in [0.25, 0.3) is 0 Å². The smallest absolute Gasteiger partial charge is 0.312 e. The van der Waals surface area contributed by atoms with Gasteiger partial charge in [0.1, 0.15) is 6.10 Å². The fourth-order valence-corrected chi connectivity index (χ4v) is 3.38. The van der Waals surface area contributed by atoms with E-state index in [0.717, 1.165) is 6.42 Å². The first-order valence-corrected chi connectivity index (χ1v) is 4.44. The molecule has 0 amide bonds. The number of rotatable bonds is 0. The van der Waals surface area contributed by atoms with Gasteiger partial charge in [0.2, 0.25) is 0 Å². The zero-order valence-corrected chi connectivity index (χ0v) is 6.67. The summed E-state index contributed by atoms with van der Waals surface area (Å²) in [6.45, 7) is 2.10. The Kier molecular flexibility index (Phi) is 0.809. The lowest BCUT2D eigenvalue weighted by molar-refractivity contribution is -0.155. The third kappa shape index (κ3) is 0.445. The van der Waals surface area contributed by atoms with Crippen molar-refractivity contribution < 1.29 is 9.53 Å². The number of carbonyl (C=O) groups excluding carboxylic acids is 1. The molecule has 0 aromatic heterocycles. The van der Waals surface area contributed by atoms with Gasteiger partial charge in [0.05, 0.1) is 5.41 Å². The van der Waals surface area contributed by atoms with Gasteiger partial charge in [0.15, 0.2) is 0 Å². The van der Waals surface area contributed by atoms with Crippen LogP contribution in [0.3, 0.4) is 0 Å². The lowest BCUT2D eigenvalue weighted by Gasteiger charge is -2.25. The van der Waals surface area contributed by atoms with Crippen molar-refractivity contribution in [3.05, 3.63) is 0 Å². The molecule has 60 valence electrons. The SMILES string of the molecule is C[C@@]12C(=O)O[C@@H]3C[C@H]1CC[C@H]32. The molecule has 2 aliphatic carbocycles. The van der Waals surface area contributed by atoms with Crippen molar-refractivity contribution in [3.63, 3.8) is 0 Å². The Balaban J connectivity index is 2.14. The molecule has 3 aliphatic rings. The van der Waals surface area contributed by atoms with E-state index in [0.29, 0.717) is 17.9 Å². The van der Waals surface area contributed by atoms with E-state index in [1.165, 1.54) is 12.8 Å². The molecule has 0 N–H and O–H groups in total. The molecule has 1 saturated heterocycles. The summed E-state index contributed by atoms with van der Waals surface area (Å²) in [6.07, 6.45) is 3.92. The minimum Gasteiger partial charge on any atom is -0.462 e. The Hall–Kier alpha value is -0.530. The Morgan fingerprint density at radius 2 is 2.36 bits per heavy atom. The summed E-state index contributed by atoms with van der Waals surface area (Å²) in [5.74, 6) is 1.31. The molecule has 3 rings (SSSR count). The zero-order valence-electron chi connectivity index (χ0n) is 6.67. The van der Waals surface area contributed by atoms with E-state index in [9.17, 15) is 4.79 Å². The quantitative estimate of drug-likeness (QED) is 0.490. The molecule has 0 unspecified atom stereocenters. The van der Waals surface area contributed by atoms with Crippen molar-refractivity contribution in [3.8, 4) is 0 Å². The first kappa shape index (κ1) is 6.04. The predicted octanol–water partition coefficient (Wildman–Crippen LogP) is 1.35. The van der Waals surface area contributed by atoms with Crippen LogP contribution in [-0.4, -0.2) is 12.1 Å². The molecular weight excluding hydrogens is 140 g/mol. The van der Waals surface area contributed by atoms with E-state index in [1.54, 1.807) is 0 Å². The third-order valence-electron chi connectivity index (χ3n) is 4.11. The molecule has 0 aromatic carbocycles. The van der Waals surface area contributed by atoms with Gasteiger partial charge in [-0.05, 0) is 32.1 Å². The van der Waals surface area contributed by atoms with Crippen molar-refractivity contribution >= 4 is 5.97 Å². The average Bonchev–Trinajstić information content (AvgIpc) is 2.50. The van der Waals surface area contributed by atoms with E-state index < -0.39 is 0 Å². The van der Waals surface area contributed by atoms with Crippen molar-refractivity contribution in [2.45, 2.75) is 32.3 Å². The number of carbonyl (C=O) groups is 1. The van der Waals surface area contributed by atoms with E-state index >= 15 is 0 Å². The number of hydrogen-bond acceptors (Lipinski definition) is 2. The van der Waals surface area contributed by atoms with E-state index in [1.807, 2.05) is 0 Å². The molecule has 2 heteroatoms. The average molecular weight is 152 g/mol. The topological polar surface area (TPSA) is 26.3 Å².